The van der Waals surface area contributed by atoms with Crippen molar-refractivity contribution in [2.24, 2.45) is 11.8 Å². The molecule has 0 amide bonds. The zero-order valence-corrected chi connectivity index (χ0v) is 70.1. The fraction of sp³-hybridized carbons (Fsp3) is 0.953. The molecule has 0 spiro atoms. The van der Waals surface area contributed by atoms with Crippen LogP contribution in [0.3, 0.4) is 0 Å². The zero-order valence-electron chi connectivity index (χ0n) is 68.3. The van der Waals surface area contributed by atoms with Crippen molar-refractivity contribution in [1.82, 2.24) is 0 Å². The summed E-state index contributed by atoms with van der Waals surface area (Å²) in [5, 5.41) is 10.7. The molecular weight excluding hydrogens is 1350 g/mol. The van der Waals surface area contributed by atoms with Gasteiger partial charge in [0.2, 0.25) is 0 Å². The molecule has 0 aromatic carbocycles. The fourth-order valence-electron chi connectivity index (χ4n) is 13.2. The summed E-state index contributed by atoms with van der Waals surface area (Å²) in [5.74, 6) is -0.521. The van der Waals surface area contributed by atoms with Gasteiger partial charge in [-0.2, -0.15) is 0 Å². The normalized spacial score (nSPS) is 13.8. The van der Waals surface area contributed by atoms with Gasteiger partial charge in [-0.15, -0.1) is 0 Å². The van der Waals surface area contributed by atoms with Gasteiger partial charge in [-0.1, -0.05) is 401 Å². The number of aliphatic hydroxyl groups excluding tert-OH is 1. The van der Waals surface area contributed by atoms with Crippen molar-refractivity contribution in [3.63, 3.8) is 0 Å². The highest BCUT2D eigenvalue weighted by atomic mass is 31.2. The van der Waals surface area contributed by atoms with Crippen molar-refractivity contribution in [2.75, 3.05) is 39.6 Å². The van der Waals surface area contributed by atoms with Crippen molar-refractivity contribution in [3.8, 4) is 0 Å². The molecule has 0 fully saturated rings. The van der Waals surface area contributed by atoms with Gasteiger partial charge in [0.05, 0.1) is 26.4 Å². The molecule has 19 heteroatoms. The number of carbonyl (C=O) groups is 4. The van der Waals surface area contributed by atoms with Gasteiger partial charge in [0.25, 0.3) is 0 Å². The second-order valence-electron chi connectivity index (χ2n) is 31.5. The van der Waals surface area contributed by atoms with Crippen LogP contribution in [0.4, 0.5) is 0 Å². The average Bonchev–Trinajstić information content (AvgIpc) is 1.12. The summed E-state index contributed by atoms with van der Waals surface area (Å²) in [5.41, 5.74) is 0. The van der Waals surface area contributed by atoms with E-state index < -0.39 is 97.5 Å². The number of hydrogen-bond donors (Lipinski definition) is 3. The molecule has 104 heavy (non-hydrogen) atoms. The van der Waals surface area contributed by atoms with E-state index in [2.05, 4.69) is 41.5 Å². The molecule has 0 bridgehead atoms. The van der Waals surface area contributed by atoms with Crippen LogP contribution >= 0.6 is 15.6 Å². The standard InChI is InChI=1S/C85H166O17P2/c1-7-9-11-13-15-17-19-20-21-22-23-24-25-26-29-33-39-45-51-57-63-69-84(89)102-81(74-96-83(88)68-62-56-50-44-38-32-30-27-28-31-36-41-47-53-59-65-77(3)4)76-100-104(93,94)98-72-79(86)71-97-103(91,92)99-75-80(73-95-82(87)67-61-55-49-43-18-16-14-12-10-8-2)101-85(90)70-64-58-52-46-40-35-34-37-42-48-54-60-66-78(5)6/h77-81,86H,7-76H2,1-6H3,(H,91,92)(H,93,94)/t79-,80+,81+/m0/s1. The molecule has 5 atom stereocenters. The van der Waals surface area contributed by atoms with Gasteiger partial charge in [-0.3, -0.25) is 37.3 Å². The molecule has 0 rings (SSSR count). The third-order valence-corrected chi connectivity index (χ3v) is 21.9. The number of unbranched alkanes of at least 4 members (excludes halogenated alkanes) is 54. The van der Waals surface area contributed by atoms with Crippen LogP contribution < -0.4 is 0 Å². The molecule has 0 aromatic rings. The molecule has 17 nitrogen and oxygen atoms in total. The minimum Gasteiger partial charge on any atom is -0.462 e. The van der Waals surface area contributed by atoms with E-state index in [0.29, 0.717) is 25.7 Å². The van der Waals surface area contributed by atoms with E-state index in [1.807, 2.05) is 0 Å². The van der Waals surface area contributed by atoms with E-state index in [1.165, 1.54) is 270 Å². The lowest BCUT2D eigenvalue weighted by Crippen LogP contribution is -2.30. The maximum absolute atomic E-state index is 13.1. The number of hydrogen-bond acceptors (Lipinski definition) is 15. The Morgan fingerprint density at radius 3 is 0.654 bits per heavy atom. The number of rotatable bonds is 84. The van der Waals surface area contributed by atoms with Crippen molar-refractivity contribution in [3.05, 3.63) is 0 Å². The van der Waals surface area contributed by atoms with Crippen LogP contribution in [0.2, 0.25) is 0 Å². The Balaban J connectivity index is 5.22. The number of phosphoric ester groups is 2. The number of aliphatic hydroxyl groups is 1. The SMILES string of the molecule is CCCCCCCCCCCCCCCCCCCCCCCC(=O)O[C@H](COC(=O)CCCCCCCCCCCCCCCCCC(C)C)COP(=O)(O)OC[C@@H](O)COP(=O)(O)OC[C@@H](COC(=O)CCCCCCCCCCCC)OC(=O)CCCCCCCCCCCCCCC(C)C. The van der Waals surface area contributed by atoms with Crippen molar-refractivity contribution in [2.45, 2.75) is 471 Å². The van der Waals surface area contributed by atoms with Gasteiger partial charge >= 0.3 is 39.5 Å². The van der Waals surface area contributed by atoms with E-state index in [9.17, 15) is 43.2 Å². The Bertz CT molecular complexity index is 1990. The topological polar surface area (TPSA) is 237 Å². The summed E-state index contributed by atoms with van der Waals surface area (Å²) in [4.78, 5) is 73.2. The number of carbonyl (C=O) groups excluding carboxylic acids is 4. The van der Waals surface area contributed by atoms with Gasteiger partial charge in [0, 0.05) is 25.7 Å². The van der Waals surface area contributed by atoms with E-state index in [4.69, 9.17) is 37.0 Å². The molecular formula is C85H166O17P2. The first-order valence-corrected chi connectivity index (χ1v) is 47.0. The highest BCUT2D eigenvalue weighted by Gasteiger charge is 2.30. The first-order chi connectivity index (χ1) is 50.4. The highest BCUT2D eigenvalue weighted by molar-refractivity contribution is 7.47. The Kier molecular flexibility index (Phi) is 75.0. The predicted molar refractivity (Wildman–Crippen MR) is 428 cm³/mol. The fourth-order valence-corrected chi connectivity index (χ4v) is 14.8. The highest BCUT2D eigenvalue weighted by Crippen LogP contribution is 2.45. The van der Waals surface area contributed by atoms with E-state index in [-0.39, 0.29) is 25.7 Å². The Morgan fingerprint density at radius 2 is 0.442 bits per heavy atom. The van der Waals surface area contributed by atoms with Gasteiger partial charge in [-0.05, 0) is 37.5 Å². The molecule has 0 saturated carbocycles. The summed E-state index contributed by atoms with van der Waals surface area (Å²) in [7, 11) is -9.92. The van der Waals surface area contributed by atoms with Gasteiger partial charge in [0.15, 0.2) is 12.2 Å². The van der Waals surface area contributed by atoms with Crippen LogP contribution in [0.1, 0.15) is 452 Å². The summed E-state index contributed by atoms with van der Waals surface area (Å²) in [6, 6.07) is 0. The summed E-state index contributed by atoms with van der Waals surface area (Å²) < 4.78 is 68.8. The molecule has 618 valence electrons. The van der Waals surface area contributed by atoms with Crippen LogP contribution in [0.15, 0.2) is 0 Å². The number of ether oxygens (including phenoxy) is 4. The van der Waals surface area contributed by atoms with Crippen LogP contribution in [-0.4, -0.2) is 96.7 Å². The molecule has 0 aliphatic rings. The lowest BCUT2D eigenvalue weighted by Gasteiger charge is -2.21. The zero-order chi connectivity index (χ0) is 76.4. The van der Waals surface area contributed by atoms with Gasteiger partial charge < -0.3 is 33.8 Å². The molecule has 3 N–H and O–H groups in total. The second kappa shape index (κ2) is 76.4. The predicted octanol–water partition coefficient (Wildman–Crippen LogP) is 25.8. The maximum atomic E-state index is 13.1. The van der Waals surface area contributed by atoms with E-state index in [1.54, 1.807) is 0 Å². The van der Waals surface area contributed by atoms with Crippen molar-refractivity contribution < 1.29 is 80.2 Å². The molecule has 0 aromatic heterocycles. The molecule has 0 aliphatic carbocycles. The summed E-state index contributed by atoms with van der Waals surface area (Å²) in [6.45, 7) is 9.69. The van der Waals surface area contributed by atoms with Crippen LogP contribution in [0.25, 0.3) is 0 Å². The average molecular weight is 1520 g/mol. The first kappa shape index (κ1) is 102. The minimum atomic E-state index is -4.96. The van der Waals surface area contributed by atoms with Crippen LogP contribution in [-0.2, 0) is 65.4 Å². The third kappa shape index (κ3) is 78.2. The maximum Gasteiger partial charge on any atom is 0.472 e. The summed E-state index contributed by atoms with van der Waals surface area (Å²) >= 11 is 0. The molecule has 0 heterocycles. The lowest BCUT2D eigenvalue weighted by atomic mass is 10.0. The summed E-state index contributed by atoms with van der Waals surface area (Å²) in [6.07, 6.45) is 68.0. The third-order valence-electron chi connectivity index (χ3n) is 20.0. The lowest BCUT2D eigenvalue weighted by molar-refractivity contribution is -0.161. The molecule has 0 saturated heterocycles. The van der Waals surface area contributed by atoms with Crippen molar-refractivity contribution in [1.29, 1.82) is 0 Å². The van der Waals surface area contributed by atoms with Gasteiger partial charge in [-0.25, -0.2) is 9.13 Å². The smallest absolute Gasteiger partial charge is 0.462 e. The largest absolute Gasteiger partial charge is 0.472 e. The second-order valence-corrected chi connectivity index (χ2v) is 34.4. The first-order valence-electron chi connectivity index (χ1n) is 44.0. The number of phosphoric acid groups is 2. The van der Waals surface area contributed by atoms with Crippen LogP contribution in [0, 0.1) is 11.8 Å². The van der Waals surface area contributed by atoms with Crippen LogP contribution in [0.5, 0.6) is 0 Å². The number of esters is 4. The van der Waals surface area contributed by atoms with E-state index in [0.717, 1.165) is 102 Å². The molecule has 0 aliphatic heterocycles. The van der Waals surface area contributed by atoms with Gasteiger partial charge in [0.1, 0.15) is 19.3 Å². The van der Waals surface area contributed by atoms with E-state index >= 15 is 0 Å². The molecule has 2 unspecified atom stereocenters. The van der Waals surface area contributed by atoms with Crippen molar-refractivity contribution >= 4 is 39.5 Å². The Labute approximate surface area is 638 Å². The quantitative estimate of drug-likeness (QED) is 0.0222. The minimum absolute atomic E-state index is 0.107. The Hall–Kier alpha value is -1.94. The Morgan fingerprint density at radius 1 is 0.260 bits per heavy atom. The monoisotopic (exact) mass is 1520 g/mol. The molecule has 0 radical (unpaired) electrons.